The van der Waals surface area contributed by atoms with E-state index in [1.807, 2.05) is 4.57 Å². The molecule has 0 saturated carbocycles. The Bertz CT molecular complexity index is 738. The molecule has 24 heavy (non-hydrogen) atoms. The Hall–Kier alpha value is -1.81. The molecule has 2 saturated heterocycles. The van der Waals surface area contributed by atoms with Crippen molar-refractivity contribution in [2.45, 2.75) is 36.9 Å². The number of hydrogen-bond donors (Lipinski definition) is 1. The van der Waals surface area contributed by atoms with Crippen molar-refractivity contribution in [3.8, 4) is 0 Å². The summed E-state index contributed by atoms with van der Waals surface area (Å²) in [4.78, 5) is 12.6. The Morgan fingerprint density at radius 2 is 2.08 bits per heavy atom. The molecule has 4 heterocycles. The van der Waals surface area contributed by atoms with Gasteiger partial charge in [-0.2, -0.15) is 0 Å². The number of nitrogens with zero attached hydrogens (tertiary/aromatic N) is 4. The predicted octanol–water partition coefficient (Wildman–Crippen LogP) is 0.517. The molecule has 2 N–H and O–H groups in total. The second kappa shape index (κ2) is 5.92. The van der Waals surface area contributed by atoms with Crippen LogP contribution >= 0.6 is 0 Å². The first-order valence-electron chi connectivity index (χ1n) is 7.93. The van der Waals surface area contributed by atoms with Gasteiger partial charge in [0, 0.05) is 27.2 Å². The van der Waals surface area contributed by atoms with E-state index in [-0.39, 0.29) is 18.4 Å². The minimum Gasteiger partial charge on any atom is -0.382 e. The van der Waals surface area contributed by atoms with Crippen LogP contribution in [0.3, 0.4) is 0 Å². The van der Waals surface area contributed by atoms with Gasteiger partial charge in [-0.25, -0.2) is 15.0 Å². The standard InChI is InChI=1S/C15H21N5O4/c1-21-9-3-4-23-6-15(9)10(22-2)5-11(24-15)20-8-19-12-13(16)17-7-18-14(12)20/h7-11H,3-6H2,1-2H3,(H2,16,17,18)/t9-,10?,11-,15-/m1/s1. The lowest BCUT2D eigenvalue weighted by molar-refractivity contribution is -0.227. The Labute approximate surface area is 139 Å². The van der Waals surface area contributed by atoms with E-state index in [1.54, 1.807) is 20.5 Å². The van der Waals surface area contributed by atoms with Crippen LogP contribution in [0.2, 0.25) is 0 Å². The van der Waals surface area contributed by atoms with E-state index < -0.39 is 5.60 Å². The molecule has 1 unspecified atom stereocenters. The van der Waals surface area contributed by atoms with Gasteiger partial charge in [-0.3, -0.25) is 4.57 Å². The second-order valence-electron chi connectivity index (χ2n) is 6.14. The molecule has 9 heteroatoms. The third-order valence-corrected chi connectivity index (χ3v) is 4.98. The lowest BCUT2D eigenvalue weighted by Gasteiger charge is -2.42. The van der Waals surface area contributed by atoms with Crippen molar-refractivity contribution >= 4 is 17.0 Å². The second-order valence-corrected chi connectivity index (χ2v) is 6.14. The summed E-state index contributed by atoms with van der Waals surface area (Å²) in [6.07, 6.45) is 4.00. The van der Waals surface area contributed by atoms with Gasteiger partial charge in [-0.1, -0.05) is 0 Å². The maximum atomic E-state index is 6.44. The van der Waals surface area contributed by atoms with Crippen LogP contribution < -0.4 is 5.73 Å². The third-order valence-electron chi connectivity index (χ3n) is 4.98. The summed E-state index contributed by atoms with van der Waals surface area (Å²) < 4.78 is 25.4. The number of fused-ring (bicyclic) bond motifs is 1. The van der Waals surface area contributed by atoms with E-state index in [1.165, 1.54) is 6.33 Å². The molecule has 1 spiro atoms. The molecule has 2 aromatic heterocycles. The molecule has 0 radical (unpaired) electrons. The summed E-state index contributed by atoms with van der Waals surface area (Å²) in [6, 6.07) is 0. The highest BCUT2D eigenvalue weighted by atomic mass is 16.6. The number of ether oxygens (including phenoxy) is 4. The van der Waals surface area contributed by atoms with Crippen molar-refractivity contribution in [1.82, 2.24) is 19.5 Å². The molecule has 2 fully saturated rings. The number of hydrogen-bond acceptors (Lipinski definition) is 8. The quantitative estimate of drug-likeness (QED) is 0.865. The fourth-order valence-corrected chi connectivity index (χ4v) is 3.79. The summed E-state index contributed by atoms with van der Waals surface area (Å²) in [5.74, 6) is 0.352. The fraction of sp³-hybridized carbons (Fsp3) is 0.667. The van der Waals surface area contributed by atoms with Crippen LogP contribution in [0.4, 0.5) is 5.82 Å². The van der Waals surface area contributed by atoms with Gasteiger partial charge in [0.25, 0.3) is 0 Å². The van der Waals surface area contributed by atoms with Gasteiger partial charge in [-0.05, 0) is 6.42 Å². The van der Waals surface area contributed by atoms with Crippen molar-refractivity contribution in [1.29, 1.82) is 0 Å². The molecule has 2 aliphatic rings. The van der Waals surface area contributed by atoms with Crippen LogP contribution in [0.15, 0.2) is 12.7 Å². The molecule has 4 atom stereocenters. The van der Waals surface area contributed by atoms with Gasteiger partial charge < -0.3 is 24.7 Å². The molecular formula is C15H21N5O4. The summed E-state index contributed by atoms with van der Waals surface area (Å²) >= 11 is 0. The smallest absolute Gasteiger partial charge is 0.167 e. The van der Waals surface area contributed by atoms with Crippen LogP contribution in [0.1, 0.15) is 19.1 Å². The minimum atomic E-state index is -0.637. The molecule has 0 amide bonds. The highest BCUT2D eigenvalue weighted by Gasteiger charge is 2.56. The lowest BCUT2D eigenvalue weighted by Crippen LogP contribution is -2.58. The molecule has 0 aromatic carbocycles. The summed E-state index contributed by atoms with van der Waals surface area (Å²) in [5.41, 5.74) is 6.44. The Morgan fingerprint density at radius 1 is 1.25 bits per heavy atom. The maximum Gasteiger partial charge on any atom is 0.167 e. The van der Waals surface area contributed by atoms with Crippen molar-refractivity contribution in [2.24, 2.45) is 0 Å². The van der Waals surface area contributed by atoms with E-state index in [2.05, 4.69) is 15.0 Å². The number of nitrogens with two attached hydrogens (primary N) is 1. The van der Waals surface area contributed by atoms with Crippen LogP contribution in [-0.2, 0) is 18.9 Å². The molecule has 4 rings (SSSR count). The van der Waals surface area contributed by atoms with E-state index in [0.29, 0.717) is 36.6 Å². The predicted molar refractivity (Wildman–Crippen MR) is 84.2 cm³/mol. The molecule has 9 nitrogen and oxygen atoms in total. The number of anilines is 1. The van der Waals surface area contributed by atoms with Gasteiger partial charge >= 0.3 is 0 Å². The first-order chi connectivity index (χ1) is 11.7. The average Bonchev–Trinajstić information content (AvgIpc) is 3.18. The molecule has 0 aliphatic carbocycles. The van der Waals surface area contributed by atoms with Gasteiger partial charge in [0.15, 0.2) is 11.5 Å². The lowest BCUT2D eigenvalue weighted by atomic mass is 9.87. The number of aromatic nitrogens is 4. The van der Waals surface area contributed by atoms with Crippen molar-refractivity contribution in [3.63, 3.8) is 0 Å². The number of nitrogen functional groups attached to an aromatic ring is 1. The normalized spacial score (nSPS) is 33.5. The van der Waals surface area contributed by atoms with Gasteiger partial charge in [0.2, 0.25) is 0 Å². The zero-order chi connectivity index (χ0) is 16.7. The Morgan fingerprint density at radius 3 is 2.88 bits per heavy atom. The zero-order valence-electron chi connectivity index (χ0n) is 13.7. The zero-order valence-corrected chi connectivity index (χ0v) is 13.7. The van der Waals surface area contributed by atoms with Gasteiger partial charge in [0.05, 0.1) is 25.1 Å². The molecule has 2 aromatic rings. The topological polar surface area (TPSA) is 107 Å². The number of methoxy groups -OCH3 is 2. The SMILES string of the molecule is COC1C[C@H](n2cnc3c(N)ncnc32)O[C@@]12COCC[C@H]2OC. The number of rotatable bonds is 3. The van der Waals surface area contributed by atoms with E-state index in [9.17, 15) is 0 Å². The Kier molecular flexibility index (Phi) is 3.87. The third kappa shape index (κ3) is 2.20. The van der Waals surface area contributed by atoms with Crippen LogP contribution in [-0.4, -0.2) is 64.8 Å². The number of imidazole rings is 1. The van der Waals surface area contributed by atoms with Crippen LogP contribution in [0.25, 0.3) is 11.2 Å². The van der Waals surface area contributed by atoms with Crippen molar-refractivity contribution in [2.75, 3.05) is 33.2 Å². The Balaban J connectivity index is 1.71. The minimum absolute atomic E-state index is 0.0873. The van der Waals surface area contributed by atoms with E-state index >= 15 is 0 Å². The van der Waals surface area contributed by atoms with Crippen molar-refractivity contribution < 1.29 is 18.9 Å². The molecule has 0 bridgehead atoms. The molecular weight excluding hydrogens is 314 g/mol. The fourth-order valence-electron chi connectivity index (χ4n) is 3.79. The maximum absolute atomic E-state index is 6.44. The highest BCUT2D eigenvalue weighted by molar-refractivity contribution is 5.81. The summed E-state index contributed by atoms with van der Waals surface area (Å²) in [5, 5.41) is 0. The summed E-state index contributed by atoms with van der Waals surface area (Å²) in [7, 11) is 3.38. The van der Waals surface area contributed by atoms with Crippen LogP contribution in [0.5, 0.6) is 0 Å². The van der Waals surface area contributed by atoms with Gasteiger partial charge in [-0.15, -0.1) is 0 Å². The van der Waals surface area contributed by atoms with Crippen LogP contribution in [0, 0.1) is 0 Å². The highest BCUT2D eigenvalue weighted by Crippen LogP contribution is 2.44. The van der Waals surface area contributed by atoms with Crippen molar-refractivity contribution in [3.05, 3.63) is 12.7 Å². The van der Waals surface area contributed by atoms with E-state index in [4.69, 9.17) is 24.7 Å². The molecule has 130 valence electrons. The molecule has 2 aliphatic heterocycles. The first kappa shape index (κ1) is 15.7. The van der Waals surface area contributed by atoms with E-state index in [0.717, 1.165) is 6.42 Å². The summed E-state index contributed by atoms with van der Waals surface area (Å²) in [6.45, 7) is 1.09. The monoisotopic (exact) mass is 335 g/mol. The van der Waals surface area contributed by atoms with Gasteiger partial charge in [0.1, 0.15) is 23.7 Å². The first-order valence-corrected chi connectivity index (χ1v) is 7.93. The largest absolute Gasteiger partial charge is 0.382 e. The average molecular weight is 335 g/mol.